The van der Waals surface area contributed by atoms with Crippen molar-refractivity contribution < 1.29 is 9.59 Å². The van der Waals surface area contributed by atoms with Crippen LogP contribution in [0.25, 0.3) is 0 Å². The first-order valence-electron chi connectivity index (χ1n) is 15.7. The molecule has 4 heterocycles. The van der Waals surface area contributed by atoms with Crippen molar-refractivity contribution in [3.8, 4) is 0 Å². The first-order valence-corrected chi connectivity index (χ1v) is 17.2. The van der Waals surface area contributed by atoms with Gasteiger partial charge in [-0.2, -0.15) is 0 Å². The van der Waals surface area contributed by atoms with Crippen molar-refractivity contribution in [2.75, 3.05) is 33.2 Å². The molecule has 0 aromatic heterocycles. The average Bonchev–Trinajstić information content (AvgIpc) is 3.68. The second kappa shape index (κ2) is 12.3. The van der Waals surface area contributed by atoms with Gasteiger partial charge in [0.05, 0.1) is 6.04 Å². The van der Waals surface area contributed by atoms with Crippen LogP contribution in [0, 0.1) is 5.92 Å². The highest BCUT2D eigenvalue weighted by molar-refractivity contribution is 8.18. The largest absolute Gasteiger partial charge is 0.338 e. The number of carbonyl (C=O) groups excluding carboxylic acids is 2. The molecule has 2 aromatic carbocycles. The number of allylic oxidation sites excluding steroid dienone is 1. The number of nitrogens with zero attached hydrogens (tertiary/aromatic N) is 5. The Labute approximate surface area is 275 Å². The Morgan fingerprint density at radius 3 is 2.18 bits per heavy atom. The van der Waals surface area contributed by atoms with Crippen LogP contribution in [0.1, 0.15) is 64.1 Å². The summed E-state index contributed by atoms with van der Waals surface area (Å²) < 4.78 is 0. The van der Waals surface area contributed by atoms with Crippen molar-refractivity contribution in [3.05, 3.63) is 80.3 Å². The van der Waals surface area contributed by atoms with E-state index < -0.39 is 11.6 Å². The van der Waals surface area contributed by atoms with Crippen molar-refractivity contribution in [1.82, 2.24) is 19.6 Å². The lowest BCUT2D eigenvalue weighted by atomic mass is 9.81. The molecule has 2 aromatic rings. The SMILES string of the molecule is CC[C@@H]1CCC(C(=O)N2CCN(C)CC2)N1C(=O)C1=C(C(C)C)N2C(=N[C@@](C)(c3ccc(Cl)cc3)[C@H]2c2ccc(Cl)cc2)S1. The third-order valence-corrected chi connectivity index (χ3v) is 11.2. The summed E-state index contributed by atoms with van der Waals surface area (Å²) in [6, 6.07) is 15.2. The van der Waals surface area contributed by atoms with Gasteiger partial charge in [-0.3, -0.25) is 9.59 Å². The number of hydrogen-bond donors (Lipinski definition) is 0. The highest BCUT2D eigenvalue weighted by Gasteiger charge is 2.54. The number of halogens is 2. The minimum Gasteiger partial charge on any atom is -0.338 e. The molecule has 2 fully saturated rings. The van der Waals surface area contributed by atoms with E-state index in [1.807, 2.05) is 46.2 Å². The Morgan fingerprint density at radius 2 is 1.59 bits per heavy atom. The van der Waals surface area contributed by atoms with E-state index in [2.05, 4.69) is 56.7 Å². The van der Waals surface area contributed by atoms with Crippen molar-refractivity contribution >= 4 is 51.9 Å². The number of fused-ring (bicyclic) bond motifs is 1. The highest BCUT2D eigenvalue weighted by atomic mass is 35.5. The number of carbonyl (C=O) groups is 2. The van der Waals surface area contributed by atoms with Crippen LogP contribution in [0.15, 0.2) is 64.1 Å². The van der Waals surface area contributed by atoms with E-state index in [9.17, 15) is 9.59 Å². The van der Waals surface area contributed by atoms with Gasteiger partial charge >= 0.3 is 0 Å². The maximum Gasteiger partial charge on any atom is 0.263 e. The van der Waals surface area contributed by atoms with E-state index in [0.717, 1.165) is 47.9 Å². The Balaban J connectivity index is 1.40. The Hall–Kier alpha value is -2.52. The maximum absolute atomic E-state index is 14.7. The first-order chi connectivity index (χ1) is 21.0. The summed E-state index contributed by atoms with van der Waals surface area (Å²) in [5.41, 5.74) is 2.44. The fourth-order valence-corrected chi connectivity index (χ4v) is 8.86. The van der Waals surface area contributed by atoms with Crippen LogP contribution in [0.5, 0.6) is 0 Å². The van der Waals surface area contributed by atoms with E-state index in [1.54, 1.807) is 0 Å². The molecule has 7 nitrogen and oxygen atoms in total. The van der Waals surface area contributed by atoms with E-state index in [1.165, 1.54) is 11.8 Å². The molecule has 0 bridgehead atoms. The van der Waals surface area contributed by atoms with E-state index in [-0.39, 0.29) is 29.8 Å². The zero-order valence-electron chi connectivity index (χ0n) is 26.1. The monoisotopic (exact) mass is 653 g/mol. The van der Waals surface area contributed by atoms with Crippen molar-refractivity contribution in [3.63, 3.8) is 0 Å². The Morgan fingerprint density at radius 1 is 0.977 bits per heavy atom. The predicted molar refractivity (Wildman–Crippen MR) is 180 cm³/mol. The van der Waals surface area contributed by atoms with Gasteiger partial charge in [0.15, 0.2) is 5.17 Å². The molecule has 10 heteroatoms. The summed E-state index contributed by atoms with van der Waals surface area (Å²) in [7, 11) is 2.09. The Bertz CT molecular complexity index is 1490. The predicted octanol–water partition coefficient (Wildman–Crippen LogP) is 6.78. The summed E-state index contributed by atoms with van der Waals surface area (Å²) in [6.45, 7) is 11.7. The Kier molecular flexibility index (Phi) is 8.83. The minimum atomic E-state index is -0.630. The molecule has 0 radical (unpaired) electrons. The standard InChI is InChI=1S/C34H41Cl2N5O2S/c1-6-26-15-16-27(31(42)39-19-17-38(5)18-20-39)40(26)32(43)29-28(21(2)3)41-30(22-7-11-24(35)12-8-22)34(4,37-33(41)44-29)23-9-13-25(36)14-10-23/h7-14,21,26-27,30H,6,15-20H2,1-5H3/t26-,27?,30-,34+/m1/s1. The second-order valence-electron chi connectivity index (χ2n) is 12.8. The smallest absolute Gasteiger partial charge is 0.263 e. The number of likely N-dealkylation sites (N-methyl/N-ethyl adjacent to an activating group) is 1. The van der Waals surface area contributed by atoms with Gasteiger partial charge < -0.3 is 19.6 Å². The van der Waals surface area contributed by atoms with Gasteiger partial charge in [0.1, 0.15) is 16.5 Å². The van der Waals surface area contributed by atoms with Crippen LogP contribution in [0.2, 0.25) is 10.0 Å². The molecular weight excluding hydrogens is 613 g/mol. The molecule has 2 saturated heterocycles. The topological polar surface area (TPSA) is 59.5 Å². The quantitative estimate of drug-likeness (QED) is 0.344. The minimum absolute atomic E-state index is 0.0363. The molecule has 0 saturated carbocycles. The maximum atomic E-state index is 14.7. The fourth-order valence-electron chi connectivity index (χ4n) is 7.25. The number of likely N-dealkylation sites (tertiary alicyclic amines) is 1. The molecule has 2 amide bonds. The molecule has 234 valence electrons. The molecule has 0 spiro atoms. The molecule has 0 N–H and O–H groups in total. The number of hydrogen-bond acceptors (Lipinski definition) is 6. The van der Waals surface area contributed by atoms with E-state index in [4.69, 9.17) is 28.2 Å². The van der Waals surface area contributed by atoms with Gasteiger partial charge in [-0.1, -0.05) is 68.2 Å². The summed E-state index contributed by atoms with van der Waals surface area (Å²) in [6.07, 6.45) is 2.37. The number of piperazine rings is 1. The normalized spacial score (nSPS) is 27.4. The summed E-state index contributed by atoms with van der Waals surface area (Å²) in [4.78, 5) is 43.0. The number of aliphatic imine (C=N–C) groups is 1. The molecule has 0 aliphatic carbocycles. The third kappa shape index (κ3) is 5.46. The molecule has 1 unspecified atom stereocenters. The van der Waals surface area contributed by atoms with Crippen LogP contribution in [0.3, 0.4) is 0 Å². The average molecular weight is 655 g/mol. The third-order valence-electron chi connectivity index (χ3n) is 9.67. The lowest BCUT2D eigenvalue weighted by Gasteiger charge is -2.38. The summed E-state index contributed by atoms with van der Waals surface area (Å²) in [5.74, 6) is 0.0888. The van der Waals surface area contributed by atoms with E-state index >= 15 is 0 Å². The van der Waals surface area contributed by atoms with Gasteiger partial charge in [-0.15, -0.1) is 0 Å². The zero-order chi connectivity index (χ0) is 31.3. The fraction of sp³-hybridized carbons (Fsp3) is 0.500. The number of amidine groups is 1. The van der Waals surface area contributed by atoms with Crippen LogP contribution < -0.4 is 0 Å². The van der Waals surface area contributed by atoms with Crippen LogP contribution in [-0.4, -0.2) is 81.9 Å². The summed E-state index contributed by atoms with van der Waals surface area (Å²) in [5, 5.41) is 2.15. The van der Waals surface area contributed by atoms with Crippen molar-refractivity contribution in [2.45, 2.75) is 70.6 Å². The molecule has 4 atom stereocenters. The van der Waals surface area contributed by atoms with Crippen molar-refractivity contribution in [1.29, 1.82) is 0 Å². The molecule has 6 rings (SSSR count). The summed E-state index contributed by atoms with van der Waals surface area (Å²) >= 11 is 14.1. The molecular formula is C34H41Cl2N5O2S. The highest BCUT2D eigenvalue weighted by Crippen LogP contribution is 2.56. The molecule has 4 aliphatic heterocycles. The van der Waals surface area contributed by atoms with Crippen LogP contribution in [-0.2, 0) is 15.1 Å². The van der Waals surface area contributed by atoms with E-state index in [0.29, 0.717) is 34.5 Å². The van der Waals surface area contributed by atoms with Gasteiger partial charge in [0, 0.05) is 48.0 Å². The number of rotatable bonds is 6. The van der Waals surface area contributed by atoms with Crippen LogP contribution >= 0.6 is 35.0 Å². The lowest BCUT2D eigenvalue weighted by Crippen LogP contribution is -2.55. The van der Waals surface area contributed by atoms with Gasteiger partial charge in [-0.25, -0.2) is 4.99 Å². The number of amides is 2. The second-order valence-corrected chi connectivity index (χ2v) is 14.7. The van der Waals surface area contributed by atoms with Gasteiger partial charge in [0.2, 0.25) is 5.91 Å². The molecule has 4 aliphatic rings. The van der Waals surface area contributed by atoms with Gasteiger partial charge in [0.25, 0.3) is 5.91 Å². The van der Waals surface area contributed by atoms with Gasteiger partial charge in [-0.05, 0) is 86.3 Å². The first kappa shape index (κ1) is 31.5. The number of thioether (sulfide) groups is 1. The lowest BCUT2D eigenvalue weighted by molar-refractivity contribution is -0.144. The van der Waals surface area contributed by atoms with Crippen molar-refractivity contribution in [2.24, 2.45) is 10.9 Å². The number of benzene rings is 2. The zero-order valence-corrected chi connectivity index (χ0v) is 28.4. The molecule has 44 heavy (non-hydrogen) atoms. The van der Waals surface area contributed by atoms with Crippen LogP contribution in [0.4, 0.5) is 0 Å².